The van der Waals surface area contributed by atoms with Gasteiger partial charge in [0, 0.05) is 26.1 Å². The molecule has 0 amide bonds. The van der Waals surface area contributed by atoms with Crippen molar-refractivity contribution in [3.8, 4) is 0 Å². The summed E-state index contributed by atoms with van der Waals surface area (Å²) in [4.78, 5) is 0. The summed E-state index contributed by atoms with van der Waals surface area (Å²) in [5, 5.41) is 40.2. The molecule has 2 fully saturated rings. The highest BCUT2D eigenvalue weighted by molar-refractivity contribution is 4.96. The van der Waals surface area contributed by atoms with Crippen LogP contribution in [0.2, 0.25) is 0 Å². The van der Waals surface area contributed by atoms with E-state index in [2.05, 4.69) is 0 Å². The second-order valence-electron chi connectivity index (χ2n) is 7.70. The molecule has 0 aromatic rings. The van der Waals surface area contributed by atoms with Gasteiger partial charge in [-0.2, -0.15) is 0 Å². The highest BCUT2D eigenvalue weighted by Gasteiger charge is 2.45. The Hall–Kier alpha value is -0.440. The van der Waals surface area contributed by atoms with Crippen LogP contribution in [0, 0.1) is 11.8 Å². The van der Waals surface area contributed by atoms with Gasteiger partial charge in [-0.05, 0) is 0 Å². The molecular weight excluding hydrogens is 388 g/mol. The van der Waals surface area contributed by atoms with Crippen LogP contribution in [-0.4, -0.2) is 123 Å². The van der Waals surface area contributed by atoms with Crippen LogP contribution < -0.4 is 11.5 Å². The van der Waals surface area contributed by atoms with Crippen molar-refractivity contribution >= 4 is 0 Å². The second-order valence-corrected chi connectivity index (χ2v) is 7.70. The molecule has 2 rings (SSSR count). The van der Waals surface area contributed by atoms with Gasteiger partial charge in [-0.1, -0.05) is 0 Å². The monoisotopic (exact) mass is 424 g/mol. The van der Waals surface area contributed by atoms with Crippen molar-refractivity contribution in [1.82, 2.24) is 0 Å². The zero-order valence-corrected chi connectivity index (χ0v) is 17.0. The maximum atomic E-state index is 10.5. The Kier molecular flexibility index (Phi) is 10.1. The number of methoxy groups -OCH3 is 2. The van der Waals surface area contributed by atoms with E-state index in [0.717, 1.165) is 0 Å². The fourth-order valence-corrected chi connectivity index (χ4v) is 4.03. The van der Waals surface area contributed by atoms with Crippen molar-refractivity contribution in [3.63, 3.8) is 0 Å². The molecule has 11 heteroatoms. The molecule has 0 aromatic heterocycles. The van der Waals surface area contributed by atoms with Gasteiger partial charge >= 0.3 is 0 Å². The molecule has 0 bridgehead atoms. The molecular formula is C18H36N2O9. The third kappa shape index (κ3) is 5.83. The molecule has 2 aliphatic heterocycles. The van der Waals surface area contributed by atoms with Gasteiger partial charge in [0.05, 0.1) is 88.3 Å². The Morgan fingerprint density at radius 2 is 1.14 bits per heavy atom. The molecule has 2 saturated heterocycles. The zero-order chi connectivity index (χ0) is 21.6. The van der Waals surface area contributed by atoms with Crippen molar-refractivity contribution in [2.75, 3.05) is 53.9 Å². The summed E-state index contributed by atoms with van der Waals surface area (Å²) >= 11 is 0. The van der Waals surface area contributed by atoms with E-state index in [-0.39, 0.29) is 39.6 Å². The number of rotatable bonds is 10. The zero-order valence-electron chi connectivity index (χ0n) is 17.0. The summed E-state index contributed by atoms with van der Waals surface area (Å²) < 4.78 is 27.4. The molecule has 10 unspecified atom stereocenters. The van der Waals surface area contributed by atoms with E-state index < -0.39 is 60.5 Å². The number of hydrogen-bond donors (Lipinski definition) is 6. The van der Waals surface area contributed by atoms with Crippen molar-refractivity contribution in [2.24, 2.45) is 23.3 Å². The first-order valence-electron chi connectivity index (χ1n) is 9.85. The van der Waals surface area contributed by atoms with E-state index in [9.17, 15) is 20.4 Å². The number of aliphatic hydroxyl groups is 4. The molecule has 2 aliphatic rings. The maximum absolute atomic E-state index is 10.5. The number of ether oxygens (including phenoxy) is 5. The molecule has 2 heterocycles. The first kappa shape index (κ1) is 24.8. The van der Waals surface area contributed by atoms with Crippen molar-refractivity contribution in [2.45, 2.75) is 48.7 Å². The van der Waals surface area contributed by atoms with Gasteiger partial charge in [0.2, 0.25) is 0 Å². The molecule has 0 spiro atoms. The fraction of sp³-hybridized carbons (Fsp3) is 1.00. The van der Waals surface area contributed by atoms with Crippen LogP contribution in [0.3, 0.4) is 0 Å². The predicted octanol–water partition coefficient (Wildman–Crippen LogP) is -3.58. The number of aliphatic hydroxyl groups excluding tert-OH is 4. The molecule has 11 nitrogen and oxygen atoms in total. The molecule has 0 aliphatic carbocycles. The van der Waals surface area contributed by atoms with Gasteiger partial charge in [0.15, 0.2) is 0 Å². The quantitative estimate of drug-likeness (QED) is 0.204. The topological polar surface area (TPSA) is 179 Å². The van der Waals surface area contributed by atoms with E-state index in [4.69, 9.17) is 35.2 Å². The van der Waals surface area contributed by atoms with Gasteiger partial charge < -0.3 is 55.6 Å². The highest BCUT2D eigenvalue weighted by atomic mass is 16.6. The van der Waals surface area contributed by atoms with Crippen molar-refractivity contribution in [1.29, 1.82) is 0 Å². The maximum Gasteiger partial charge on any atom is 0.0989 e. The molecule has 172 valence electrons. The standard InChI is InChI=1S/C18H36N2O9/c1-25-5-9-11(3-21)29-14(16(20)17(9)23)8-27-6-10-12(4-22)28-13(7-26-2)15(19)18(10)24/h9-18,21-24H,3-8,19-20H2,1-2H3. The van der Waals surface area contributed by atoms with E-state index in [1.54, 1.807) is 0 Å². The van der Waals surface area contributed by atoms with Gasteiger partial charge in [-0.25, -0.2) is 0 Å². The summed E-state index contributed by atoms with van der Waals surface area (Å²) in [5.74, 6) is -0.998. The summed E-state index contributed by atoms with van der Waals surface area (Å²) in [6.07, 6.45) is -4.35. The van der Waals surface area contributed by atoms with Gasteiger partial charge in [-0.15, -0.1) is 0 Å². The van der Waals surface area contributed by atoms with Crippen LogP contribution >= 0.6 is 0 Å². The summed E-state index contributed by atoms with van der Waals surface area (Å²) in [5.41, 5.74) is 12.1. The minimum Gasteiger partial charge on any atom is -0.394 e. The SMILES string of the molecule is COCC1OC(CO)C(COCC2OC(CO)C(COC)C(O)C2N)C(O)C1N. The van der Waals surface area contributed by atoms with Crippen LogP contribution in [0.4, 0.5) is 0 Å². The van der Waals surface area contributed by atoms with Crippen LogP contribution in [0.25, 0.3) is 0 Å². The predicted molar refractivity (Wildman–Crippen MR) is 101 cm³/mol. The third-order valence-corrected chi connectivity index (χ3v) is 5.82. The van der Waals surface area contributed by atoms with Crippen LogP contribution in [0.5, 0.6) is 0 Å². The Morgan fingerprint density at radius 3 is 1.59 bits per heavy atom. The smallest absolute Gasteiger partial charge is 0.0989 e. The lowest BCUT2D eigenvalue weighted by molar-refractivity contribution is -0.203. The number of nitrogens with two attached hydrogens (primary N) is 2. The minimum atomic E-state index is -0.955. The van der Waals surface area contributed by atoms with E-state index in [1.165, 1.54) is 14.2 Å². The Labute approximate surface area is 170 Å². The first-order valence-corrected chi connectivity index (χ1v) is 9.85. The Morgan fingerprint density at radius 1 is 0.690 bits per heavy atom. The van der Waals surface area contributed by atoms with Gasteiger partial charge in [0.1, 0.15) is 0 Å². The first-order chi connectivity index (χ1) is 13.9. The molecule has 0 aromatic carbocycles. The van der Waals surface area contributed by atoms with Crippen LogP contribution in [0.1, 0.15) is 0 Å². The average Bonchev–Trinajstić information content (AvgIpc) is 2.72. The Balaban J connectivity index is 1.92. The average molecular weight is 424 g/mol. The van der Waals surface area contributed by atoms with Gasteiger partial charge in [0.25, 0.3) is 0 Å². The fourth-order valence-electron chi connectivity index (χ4n) is 4.03. The second kappa shape index (κ2) is 11.8. The molecule has 8 N–H and O–H groups in total. The van der Waals surface area contributed by atoms with Crippen molar-refractivity contribution in [3.05, 3.63) is 0 Å². The van der Waals surface area contributed by atoms with E-state index in [1.807, 2.05) is 0 Å². The van der Waals surface area contributed by atoms with Gasteiger partial charge in [-0.3, -0.25) is 0 Å². The molecule has 29 heavy (non-hydrogen) atoms. The molecule has 0 saturated carbocycles. The highest BCUT2D eigenvalue weighted by Crippen LogP contribution is 2.28. The normalized spacial score (nSPS) is 43.4. The van der Waals surface area contributed by atoms with Crippen molar-refractivity contribution < 1.29 is 44.1 Å². The lowest BCUT2D eigenvalue weighted by Gasteiger charge is -2.44. The largest absolute Gasteiger partial charge is 0.394 e. The summed E-state index contributed by atoms with van der Waals surface area (Å²) in [7, 11) is 3.00. The molecule has 0 radical (unpaired) electrons. The summed E-state index contributed by atoms with van der Waals surface area (Å²) in [6, 6.07) is -1.41. The van der Waals surface area contributed by atoms with E-state index in [0.29, 0.717) is 0 Å². The Bertz CT molecular complexity index is 471. The third-order valence-electron chi connectivity index (χ3n) is 5.82. The van der Waals surface area contributed by atoms with Crippen LogP contribution in [0.15, 0.2) is 0 Å². The minimum absolute atomic E-state index is 0.0343. The van der Waals surface area contributed by atoms with Crippen LogP contribution in [-0.2, 0) is 23.7 Å². The molecule has 10 atom stereocenters. The number of hydrogen-bond acceptors (Lipinski definition) is 11. The van der Waals surface area contributed by atoms with E-state index >= 15 is 0 Å². The summed E-state index contributed by atoms with van der Waals surface area (Å²) in [6.45, 7) is -0.0955. The lowest BCUT2D eigenvalue weighted by Crippen LogP contribution is -2.62. The lowest BCUT2D eigenvalue weighted by atomic mass is 9.85.